The Morgan fingerprint density at radius 2 is 1.61 bits per heavy atom. The van der Waals surface area contributed by atoms with E-state index in [1.54, 1.807) is 54.7 Å². The maximum Gasteiger partial charge on any atom is 0.405 e. The SMILES string of the molecule is NC(=O)OC(C(=O)N1[C@@H]2CC[C@H](C2)[C@H]1c1nc2ccc(-c3ccc4c(c3)C(F)(F)c3cc(-c5cnc([C@@H]6CCCN6)[nH]5)ccc3-4)cc2[nH]1)c1ccccc1. The number of piperidine rings is 1. The summed E-state index contributed by atoms with van der Waals surface area (Å²) in [5.41, 5.74) is 11.2. The minimum Gasteiger partial charge on any atom is -0.431 e. The number of hydrogen-bond donors (Lipinski definition) is 4. The highest BCUT2D eigenvalue weighted by Crippen LogP contribution is 2.53. The van der Waals surface area contributed by atoms with E-state index in [0.29, 0.717) is 44.9 Å². The van der Waals surface area contributed by atoms with E-state index < -0.39 is 18.1 Å². The molecule has 4 aromatic carbocycles. The van der Waals surface area contributed by atoms with Crippen molar-refractivity contribution < 1.29 is 23.1 Å². The summed E-state index contributed by atoms with van der Waals surface area (Å²) in [7, 11) is 0. The molecule has 12 heteroatoms. The van der Waals surface area contributed by atoms with Crippen LogP contribution in [0.5, 0.6) is 0 Å². The lowest BCUT2D eigenvalue weighted by Gasteiger charge is -2.36. The normalized spacial score (nSPS) is 22.7. The number of imidazole rings is 2. The Morgan fingerprint density at radius 1 is 0.870 bits per heavy atom. The van der Waals surface area contributed by atoms with Crippen LogP contribution >= 0.6 is 0 Å². The predicted octanol–water partition coefficient (Wildman–Crippen LogP) is 8.05. The number of alkyl halides is 2. The number of primary amides is 1. The molecule has 3 fully saturated rings. The second kappa shape index (κ2) is 12.3. The van der Waals surface area contributed by atoms with Gasteiger partial charge in [0.2, 0.25) is 6.10 Å². The van der Waals surface area contributed by atoms with Crippen LogP contribution in [0, 0.1) is 5.92 Å². The second-order valence-corrected chi connectivity index (χ2v) is 14.9. The van der Waals surface area contributed by atoms with E-state index in [0.717, 1.165) is 55.6 Å². The molecule has 2 aromatic heterocycles. The fourth-order valence-electron chi connectivity index (χ4n) is 9.30. The minimum atomic E-state index is -3.19. The Labute approximate surface area is 309 Å². The lowest BCUT2D eigenvalue weighted by Crippen LogP contribution is -2.44. The first-order valence-electron chi connectivity index (χ1n) is 18.5. The molecule has 2 aliphatic carbocycles. The summed E-state index contributed by atoms with van der Waals surface area (Å²) >= 11 is 0. The van der Waals surface area contributed by atoms with Crippen molar-refractivity contribution in [1.82, 2.24) is 30.2 Å². The number of aromatic nitrogens is 4. The molecule has 6 aromatic rings. The maximum absolute atomic E-state index is 16.3. The van der Waals surface area contributed by atoms with E-state index in [9.17, 15) is 9.59 Å². The van der Waals surface area contributed by atoms with Crippen molar-refractivity contribution in [3.63, 3.8) is 0 Å². The van der Waals surface area contributed by atoms with Gasteiger partial charge in [-0.15, -0.1) is 0 Å². The summed E-state index contributed by atoms with van der Waals surface area (Å²) in [5, 5.41) is 3.42. The number of aromatic amines is 2. The molecule has 2 saturated heterocycles. The third-order valence-electron chi connectivity index (χ3n) is 11.8. The van der Waals surface area contributed by atoms with Crippen LogP contribution in [0.2, 0.25) is 0 Å². The minimum absolute atomic E-state index is 0.0153. The molecule has 5 atom stereocenters. The van der Waals surface area contributed by atoms with Crippen molar-refractivity contribution in [2.24, 2.45) is 11.7 Å². The van der Waals surface area contributed by atoms with Gasteiger partial charge < -0.3 is 30.7 Å². The topological polar surface area (TPSA) is 142 Å². The summed E-state index contributed by atoms with van der Waals surface area (Å²) in [6.45, 7) is 0.942. The fourth-order valence-corrected chi connectivity index (χ4v) is 9.30. The first-order valence-corrected chi connectivity index (χ1v) is 18.5. The van der Waals surface area contributed by atoms with Crippen LogP contribution in [-0.2, 0) is 15.5 Å². The quantitative estimate of drug-likeness (QED) is 0.131. The van der Waals surface area contributed by atoms with Crippen LogP contribution in [0.1, 0.15) is 78.6 Å². The van der Waals surface area contributed by atoms with Gasteiger partial charge in [-0.2, -0.15) is 8.78 Å². The van der Waals surface area contributed by atoms with Gasteiger partial charge in [0, 0.05) is 28.3 Å². The van der Waals surface area contributed by atoms with Gasteiger partial charge in [-0.25, -0.2) is 14.8 Å². The number of nitrogens with zero attached hydrogens (tertiary/aromatic N) is 3. The van der Waals surface area contributed by atoms with Crippen molar-refractivity contribution in [2.75, 3.05) is 6.54 Å². The van der Waals surface area contributed by atoms with E-state index in [1.807, 2.05) is 41.3 Å². The number of likely N-dealkylation sites (tertiary alicyclic amines) is 1. The number of fused-ring (bicyclic) bond motifs is 6. The second-order valence-electron chi connectivity index (χ2n) is 14.9. The summed E-state index contributed by atoms with van der Waals surface area (Å²) < 4.78 is 38.0. The molecule has 10 nitrogen and oxygen atoms in total. The molecule has 2 bridgehead atoms. The molecule has 272 valence electrons. The summed E-state index contributed by atoms with van der Waals surface area (Å²) in [5.74, 6) is -1.86. The van der Waals surface area contributed by atoms with Gasteiger partial charge >= 0.3 is 6.09 Å². The van der Waals surface area contributed by atoms with Crippen LogP contribution in [0.25, 0.3) is 44.5 Å². The van der Waals surface area contributed by atoms with E-state index >= 15 is 8.78 Å². The smallest absolute Gasteiger partial charge is 0.405 e. The van der Waals surface area contributed by atoms with Crippen LogP contribution in [-0.4, -0.2) is 49.4 Å². The monoisotopic (exact) mass is 725 g/mol. The molecule has 4 aliphatic rings. The number of carbonyl (C=O) groups is 2. The molecule has 0 radical (unpaired) electrons. The average molecular weight is 726 g/mol. The molecule has 0 spiro atoms. The maximum atomic E-state index is 16.3. The molecular formula is C42H37F2N7O3. The molecule has 2 aliphatic heterocycles. The lowest BCUT2D eigenvalue weighted by molar-refractivity contribution is -0.145. The number of amides is 2. The highest BCUT2D eigenvalue weighted by Gasteiger charge is 2.52. The van der Waals surface area contributed by atoms with Gasteiger partial charge in [-0.05, 0) is 91.1 Å². The molecule has 2 amide bonds. The van der Waals surface area contributed by atoms with Crippen molar-refractivity contribution in [3.8, 4) is 33.5 Å². The summed E-state index contributed by atoms with van der Waals surface area (Å²) in [6.07, 6.45) is 4.23. The van der Waals surface area contributed by atoms with Crippen molar-refractivity contribution in [1.29, 1.82) is 0 Å². The number of carbonyl (C=O) groups excluding carboxylic acids is 2. The van der Waals surface area contributed by atoms with E-state index in [4.69, 9.17) is 15.5 Å². The summed E-state index contributed by atoms with van der Waals surface area (Å²) in [6, 6.07) is 24.8. The summed E-state index contributed by atoms with van der Waals surface area (Å²) in [4.78, 5) is 44.1. The molecule has 4 heterocycles. The number of ether oxygens (including phenoxy) is 1. The lowest BCUT2D eigenvalue weighted by atomic mass is 9.97. The van der Waals surface area contributed by atoms with Gasteiger partial charge in [0.25, 0.3) is 11.8 Å². The zero-order valence-electron chi connectivity index (χ0n) is 29.2. The number of H-pyrrole nitrogens is 2. The zero-order valence-corrected chi connectivity index (χ0v) is 29.2. The zero-order chi connectivity index (χ0) is 36.7. The van der Waals surface area contributed by atoms with Crippen molar-refractivity contribution in [2.45, 2.75) is 62.3 Å². The number of benzene rings is 4. The van der Waals surface area contributed by atoms with Crippen LogP contribution < -0.4 is 11.1 Å². The Hall–Kier alpha value is -5.88. The number of halogens is 2. The third kappa shape index (κ3) is 5.22. The molecule has 1 unspecified atom stereocenters. The average Bonchev–Trinajstić information content (AvgIpc) is 4.05. The highest BCUT2D eigenvalue weighted by molar-refractivity contribution is 5.88. The Bertz CT molecular complexity index is 2450. The van der Waals surface area contributed by atoms with Crippen molar-refractivity contribution >= 4 is 23.0 Å². The first-order chi connectivity index (χ1) is 26.2. The van der Waals surface area contributed by atoms with Crippen LogP contribution in [0.4, 0.5) is 13.6 Å². The number of nitrogens with two attached hydrogens (primary N) is 1. The van der Waals surface area contributed by atoms with Crippen molar-refractivity contribution in [3.05, 3.63) is 119 Å². The fraction of sp³-hybridized carbons (Fsp3) is 0.286. The Kier molecular flexibility index (Phi) is 7.48. The highest BCUT2D eigenvalue weighted by atomic mass is 19.3. The van der Waals surface area contributed by atoms with Gasteiger partial charge in [0.1, 0.15) is 11.6 Å². The van der Waals surface area contributed by atoms with E-state index in [2.05, 4.69) is 20.3 Å². The van der Waals surface area contributed by atoms with Gasteiger partial charge in [0.15, 0.2) is 0 Å². The Balaban J connectivity index is 0.943. The van der Waals surface area contributed by atoms with Gasteiger partial charge in [0.05, 0.1) is 35.0 Å². The molecule has 10 rings (SSSR count). The van der Waals surface area contributed by atoms with Crippen LogP contribution in [0.15, 0.2) is 91.1 Å². The largest absolute Gasteiger partial charge is 0.431 e. The van der Waals surface area contributed by atoms with E-state index in [1.165, 1.54) is 0 Å². The third-order valence-corrected chi connectivity index (χ3v) is 11.8. The number of hydrogen-bond acceptors (Lipinski definition) is 6. The molecule has 5 N–H and O–H groups in total. The predicted molar refractivity (Wildman–Crippen MR) is 198 cm³/mol. The molecule has 54 heavy (non-hydrogen) atoms. The first kappa shape index (κ1) is 32.7. The van der Waals surface area contributed by atoms with Gasteiger partial charge in [-0.1, -0.05) is 60.7 Å². The van der Waals surface area contributed by atoms with Gasteiger partial charge in [-0.3, -0.25) is 4.79 Å². The molecular weight excluding hydrogens is 689 g/mol. The van der Waals surface area contributed by atoms with Crippen LogP contribution in [0.3, 0.4) is 0 Å². The number of rotatable bonds is 7. The Morgan fingerprint density at radius 3 is 2.37 bits per heavy atom. The standard InChI is InChI=1S/C42H37F2N7O3/c43-42(44)30-18-23(9-13-28(30)29-14-10-25(19-31(29)42)35-21-47-38(50-35)33-7-4-16-46-33)24-11-15-32-34(20-24)49-39(48-32)36-26-8-12-27(17-26)51(36)40(52)37(54-41(45)53)22-5-2-1-3-6-22/h1-3,5-6,9-11,13-15,18-21,26-27,33,36-37,46H,4,7-8,12,16-17H2,(H2,45,53)(H,47,50)(H,48,49)/t26-,27-,33+,36+,37?/m1/s1. The number of nitrogens with one attached hydrogen (secondary N) is 3. The van der Waals surface area contributed by atoms with E-state index in [-0.39, 0.29) is 41.1 Å². The molecule has 1 saturated carbocycles.